The van der Waals surface area contributed by atoms with Crippen LogP contribution >= 0.6 is 11.6 Å². The molecule has 2 N–H and O–H groups in total. The largest absolute Gasteiger partial charge is 0.385 e. The molecule has 4 nitrogen and oxygen atoms in total. The molecule has 2 aromatic rings. The molecular weight excluding hydrogens is 307 g/mol. The highest BCUT2D eigenvalue weighted by Gasteiger charge is 2.36. The lowest BCUT2D eigenvalue weighted by molar-refractivity contribution is -0.0388. The van der Waals surface area contributed by atoms with Crippen molar-refractivity contribution in [3.63, 3.8) is 0 Å². The van der Waals surface area contributed by atoms with Crippen molar-refractivity contribution in [3.8, 4) is 0 Å². The third kappa shape index (κ3) is 2.82. The van der Waals surface area contributed by atoms with Gasteiger partial charge in [0.1, 0.15) is 11.5 Å². The number of aliphatic hydroxyl groups is 1. The number of hydrogen-bond acceptors (Lipinski definition) is 3. The van der Waals surface area contributed by atoms with Crippen molar-refractivity contribution in [1.82, 2.24) is 4.98 Å². The Morgan fingerprint density at radius 2 is 2.09 bits per heavy atom. The van der Waals surface area contributed by atoms with Gasteiger partial charge in [-0.1, -0.05) is 11.6 Å². The fourth-order valence-corrected chi connectivity index (χ4v) is 2.59. The summed E-state index contributed by atoms with van der Waals surface area (Å²) in [5.41, 5.74) is 0.414. The van der Waals surface area contributed by atoms with E-state index in [4.69, 9.17) is 11.6 Å². The number of nitrogens with one attached hydrogen (secondary N) is 1. The minimum absolute atomic E-state index is 0.0664. The first-order chi connectivity index (χ1) is 10.5. The summed E-state index contributed by atoms with van der Waals surface area (Å²) in [6, 6.07) is 7.23. The van der Waals surface area contributed by atoms with Crippen LogP contribution < -0.4 is 5.32 Å². The molecular formula is C16H14ClFN2O2. The Balaban J connectivity index is 1.80. The first kappa shape index (κ1) is 14.9. The third-order valence-corrected chi connectivity index (χ3v) is 4.18. The molecule has 0 bridgehead atoms. The number of carbonyl (C=O) groups is 1. The molecule has 1 heterocycles. The number of carbonyl (C=O) groups excluding carboxylic acids is 1. The van der Waals surface area contributed by atoms with Crippen LogP contribution in [0.5, 0.6) is 0 Å². The Morgan fingerprint density at radius 1 is 1.32 bits per heavy atom. The van der Waals surface area contributed by atoms with Crippen LogP contribution in [0.3, 0.4) is 0 Å². The molecule has 0 saturated heterocycles. The van der Waals surface area contributed by atoms with Gasteiger partial charge in [-0.05, 0) is 55.2 Å². The highest BCUT2D eigenvalue weighted by molar-refractivity contribution is 6.31. The Kier molecular flexibility index (Phi) is 3.85. The van der Waals surface area contributed by atoms with Crippen molar-refractivity contribution in [2.24, 2.45) is 0 Å². The summed E-state index contributed by atoms with van der Waals surface area (Å²) in [6.07, 6.45) is 3.84. The summed E-state index contributed by atoms with van der Waals surface area (Å²) in [5, 5.41) is 12.9. The number of hydrogen-bond donors (Lipinski definition) is 2. The van der Waals surface area contributed by atoms with Gasteiger partial charge in [0.2, 0.25) is 0 Å². The highest BCUT2D eigenvalue weighted by Crippen LogP contribution is 2.40. The van der Waals surface area contributed by atoms with Crippen LogP contribution in [-0.2, 0) is 5.60 Å². The second-order valence-corrected chi connectivity index (χ2v) is 5.81. The Hall–Kier alpha value is -1.98. The first-order valence-corrected chi connectivity index (χ1v) is 7.31. The zero-order valence-corrected chi connectivity index (χ0v) is 12.4. The van der Waals surface area contributed by atoms with E-state index >= 15 is 0 Å². The second-order valence-electron chi connectivity index (χ2n) is 5.40. The highest BCUT2D eigenvalue weighted by atomic mass is 35.5. The summed E-state index contributed by atoms with van der Waals surface area (Å²) >= 11 is 5.68. The molecule has 22 heavy (non-hydrogen) atoms. The molecule has 1 aromatic heterocycles. The van der Waals surface area contributed by atoms with E-state index in [1.54, 1.807) is 12.1 Å². The zero-order chi connectivity index (χ0) is 15.7. The van der Waals surface area contributed by atoms with Crippen LogP contribution in [0.2, 0.25) is 5.02 Å². The number of benzene rings is 1. The van der Waals surface area contributed by atoms with Gasteiger partial charge in [0.15, 0.2) is 0 Å². The Bertz CT molecular complexity index is 732. The molecule has 0 radical (unpaired) electrons. The summed E-state index contributed by atoms with van der Waals surface area (Å²) < 4.78 is 13.1. The van der Waals surface area contributed by atoms with Crippen LogP contribution in [0.15, 0.2) is 36.5 Å². The summed E-state index contributed by atoms with van der Waals surface area (Å²) in [5.74, 6) is -0.987. The predicted octanol–water partition coefficient (Wildman–Crippen LogP) is 3.50. The number of pyridine rings is 1. The molecule has 1 aliphatic rings. The lowest BCUT2D eigenvalue weighted by atomic mass is 9.75. The molecule has 0 unspecified atom stereocenters. The third-order valence-electron chi connectivity index (χ3n) is 3.89. The van der Waals surface area contributed by atoms with Crippen LogP contribution in [0, 0.1) is 5.82 Å². The van der Waals surface area contributed by atoms with Gasteiger partial charge < -0.3 is 10.4 Å². The zero-order valence-electron chi connectivity index (χ0n) is 11.6. The van der Waals surface area contributed by atoms with E-state index in [-0.39, 0.29) is 10.7 Å². The van der Waals surface area contributed by atoms with E-state index in [2.05, 4.69) is 10.3 Å². The monoisotopic (exact) mass is 320 g/mol. The molecule has 0 spiro atoms. The van der Waals surface area contributed by atoms with E-state index in [9.17, 15) is 14.3 Å². The van der Waals surface area contributed by atoms with Crippen molar-refractivity contribution < 1.29 is 14.3 Å². The average molecular weight is 321 g/mol. The molecule has 1 aromatic carbocycles. The molecule has 1 fully saturated rings. The Morgan fingerprint density at radius 3 is 2.73 bits per heavy atom. The normalized spacial score (nSPS) is 16.0. The maximum atomic E-state index is 13.1. The molecule has 1 amide bonds. The lowest BCUT2D eigenvalue weighted by Gasteiger charge is -2.37. The minimum atomic E-state index is -0.850. The van der Waals surface area contributed by atoms with Crippen molar-refractivity contribution in [3.05, 3.63) is 58.6 Å². The molecule has 1 saturated carbocycles. The van der Waals surface area contributed by atoms with E-state index < -0.39 is 17.3 Å². The quantitative estimate of drug-likeness (QED) is 0.910. The smallest absolute Gasteiger partial charge is 0.274 e. The summed E-state index contributed by atoms with van der Waals surface area (Å²) in [4.78, 5) is 16.2. The molecule has 3 rings (SSSR count). The lowest BCUT2D eigenvalue weighted by Crippen LogP contribution is -2.34. The Labute approximate surface area is 132 Å². The van der Waals surface area contributed by atoms with Crippen LogP contribution in [0.25, 0.3) is 0 Å². The van der Waals surface area contributed by atoms with Gasteiger partial charge in [-0.25, -0.2) is 4.39 Å². The van der Waals surface area contributed by atoms with Gasteiger partial charge in [0.05, 0.1) is 10.6 Å². The molecule has 0 aliphatic heterocycles. The van der Waals surface area contributed by atoms with Crippen molar-refractivity contribution in [1.29, 1.82) is 0 Å². The van der Waals surface area contributed by atoms with Gasteiger partial charge in [0.25, 0.3) is 5.91 Å². The van der Waals surface area contributed by atoms with Crippen LogP contribution in [-0.4, -0.2) is 16.0 Å². The molecule has 0 atom stereocenters. The topological polar surface area (TPSA) is 62.2 Å². The number of amides is 1. The van der Waals surface area contributed by atoms with Gasteiger partial charge in [0, 0.05) is 11.9 Å². The van der Waals surface area contributed by atoms with Crippen LogP contribution in [0.1, 0.15) is 35.3 Å². The van der Waals surface area contributed by atoms with Crippen LogP contribution in [0.4, 0.5) is 10.1 Å². The molecule has 6 heteroatoms. The maximum absolute atomic E-state index is 13.1. The van der Waals surface area contributed by atoms with E-state index in [0.29, 0.717) is 24.1 Å². The van der Waals surface area contributed by atoms with Crippen molar-refractivity contribution in [2.75, 3.05) is 5.32 Å². The number of rotatable bonds is 3. The van der Waals surface area contributed by atoms with Gasteiger partial charge in [-0.3, -0.25) is 9.78 Å². The standard InChI is InChI=1S/C16H14ClFN2O2/c17-12-9-11(2-3-13(12)18)20-15(21)14-8-10(4-7-19-14)16(22)5-1-6-16/h2-4,7-9,22H,1,5-6H2,(H,20,21). The molecule has 114 valence electrons. The second kappa shape index (κ2) is 5.66. The van der Waals surface area contributed by atoms with E-state index in [0.717, 1.165) is 6.42 Å². The minimum Gasteiger partial charge on any atom is -0.385 e. The maximum Gasteiger partial charge on any atom is 0.274 e. The number of aromatic nitrogens is 1. The van der Waals surface area contributed by atoms with Gasteiger partial charge in [-0.2, -0.15) is 0 Å². The van der Waals surface area contributed by atoms with E-state index in [1.165, 1.54) is 24.4 Å². The van der Waals surface area contributed by atoms with Gasteiger partial charge >= 0.3 is 0 Å². The molecule has 1 aliphatic carbocycles. The fourth-order valence-electron chi connectivity index (χ4n) is 2.41. The SMILES string of the molecule is O=C(Nc1ccc(F)c(Cl)c1)c1cc(C2(O)CCC2)ccn1. The fraction of sp³-hybridized carbons (Fsp3) is 0.250. The number of nitrogens with zero attached hydrogens (tertiary/aromatic N) is 1. The number of anilines is 1. The average Bonchev–Trinajstić information content (AvgIpc) is 2.48. The van der Waals surface area contributed by atoms with E-state index in [1.807, 2.05) is 0 Å². The van der Waals surface area contributed by atoms with Crippen molar-refractivity contribution >= 4 is 23.2 Å². The summed E-state index contributed by atoms with van der Waals surface area (Å²) in [6.45, 7) is 0. The number of halogens is 2. The predicted molar refractivity (Wildman–Crippen MR) is 81.3 cm³/mol. The first-order valence-electron chi connectivity index (χ1n) is 6.93. The summed E-state index contributed by atoms with van der Waals surface area (Å²) in [7, 11) is 0. The van der Waals surface area contributed by atoms with Gasteiger partial charge in [-0.15, -0.1) is 0 Å². The van der Waals surface area contributed by atoms with Crippen molar-refractivity contribution in [2.45, 2.75) is 24.9 Å².